The molecule has 0 saturated carbocycles. The smallest absolute Gasteiger partial charge is 0.318 e. The molecule has 3 amide bonds. The quantitative estimate of drug-likeness (QED) is 0.523. The molecule has 0 bridgehead atoms. The van der Waals surface area contributed by atoms with Crippen LogP contribution in [0.25, 0.3) is 0 Å². The topological polar surface area (TPSA) is 93.5 Å². The molecule has 1 heterocycles. The van der Waals surface area contributed by atoms with Gasteiger partial charge in [0.15, 0.2) is 0 Å². The van der Waals surface area contributed by atoms with Gasteiger partial charge in [0.2, 0.25) is 5.91 Å². The average molecular weight is 215 g/mol. The second kappa shape index (κ2) is 6.36. The van der Waals surface area contributed by atoms with Gasteiger partial charge in [0.1, 0.15) is 0 Å². The highest BCUT2D eigenvalue weighted by Crippen LogP contribution is 2.14. The van der Waals surface area contributed by atoms with Crippen LogP contribution in [-0.2, 0) is 9.53 Å². The van der Waals surface area contributed by atoms with Crippen LogP contribution < -0.4 is 16.4 Å². The summed E-state index contributed by atoms with van der Waals surface area (Å²) in [6, 6.07) is -0.814. The Morgan fingerprint density at radius 3 is 2.87 bits per heavy atom. The molecule has 0 aromatic heterocycles. The van der Waals surface area contributed by atoms with Crippen molar-refractivity contribution in [2.45, 2.75) is 12.8 Å². The third-order valence-corrected chi connectivity index (χ3v) is 2.30. The largest absolute Gasteiger partial charge is 0.381 e. The molecule has 6 nitrogen and oxygen atoms in total. The van der Waals surface area contributed by atoms with E-state index in [9.17, 15) is 9.59 Å². The number of carbonyl (C=O) groups excluding carboxylic acids is 2. The summed E-state index contributed by atoms with van der Waals surface area (Å²) in [7, 11) is 0. The normalized spacial score (nSPS) is 20.1. The molecule has 1 rings (SSSR count). The predicted octanol–water partition coefficient (Wildman–Crippen LogP) is -0.802. The van der Waals surface area contributed by atoms with E-state index in [4.69, 9.17) is 10.5 Å². The molecule has 0 aromatic carbocycles. The number of ether oxygens (including phenoxy) is 1. The van der Waals surface area contributed by atoms with Gasteiger partial charge in [-0.1, -0.05) is 0 Å². The first kappa shape index (κ1) is 11.9. The minimum atomic E-state index is -0.814. The number of nitrogens with one attached hydrogen (secondary N) is 2. The molecule has 0 spiro atoms. The summed E-state index contributed by atoms with van der Waals surface area (Å²) in [6.07, 6.45) is 2.08. The minimum Gasteiger partial charge on any atom is -0.381 e. The Hall–Kier alpha value is -1.14. The number of carbonyl (C=O) groups is 2. The third-order valence-electron chi connectivity index (χ3n) is 2.30. The van der Waals surface area contributed by atoms with Gasteiger partial charge in [0, 0.05) is 13.2 Å². The molecule has 1 saturated heterocycles. The fraction of sp³-hybridized carbons (Fsp3) is 0.778. The Balaban J connectivity index is 1.96. The molecule has 6 heteroatoms. The Morgan fingerprint density at radius 1 is 1.47 bits per heavy atom. The molecule has 15 heavy (non-hydrogen) atoms. The van der Waals surface area contributed by atoms with E-state index in [0.717, 1.165) is 32.6 Å². The Morgan fingerprint density at radius 2 is 2.27 bits per heavy atom. The van der Waals surface area contributed by atoms with Gasteiger partial charge in [0.25, 0.3) is 0 Å². The highest BCUT2D eigenvalue weighted by molar-refractivity contribution is 5.94. The SMILES string of the molecule is NC(=O)NC(=O)CNCCC1CCOC1. The number of urea groups is 1. The van der Waals surface area contributed by atoms with Crippen LogP contribution in [0.4, 0.5) is 4.79 Å². The van der Waals surface area contributed by atoms with Crippen molar-refractivity contribution in [2.24, 2.45) is 11.7 Å². The molecule has 1 fully saturated rings. The molecular weight excluding hydrogens is 198 g/mol. The number of nitrogens with two attached hydrogens (primary N) is 1. The van der Waals surface area contributed by atoms with Crippen LogP contribution in [0, 0.1) is 5.92 Å². The number of primary amides is 1. The summed E-state index contributed by atoms with van der Waals surface area (Å²) in [6.45, 7) is 2.53. The maximum absolute atomic E-state index is 11.0. The first-order valence-corrected chi connectivity index (χ1v) is 5.06. The summed E-state index contributed by atoms with van der Waals surface area (Å²) in [5, 5.41) is 4.93. The maximum Gasteiger partial charge on any atom is 0.318 e. The number of imide groups is 1. The van der Waals surface area contributed by atoms with Crippen LogP contribution in [0.2, 0.25) is 0 Å². The van der Waals surface area contributed by atoms with Crippen molar-refractivity contribution in [2.75, 3.05) is 26.3 Å². The van der Waals surface area contributed by atoms with Gasteiger partial charge in [-0.05, 0) is 25.3 Å². The van der Waals surface area contributed by atoms with Crippen LogP contribution >= 0.6 is 0 Å². The Kier molecular flexibility index (Phi) is 5.06. The summed E-state index contributed by atoms with van der Waals surface area (Å²) >= 11 is 0. The van der Waals surface area contributed by atoms with Gasteiger partial charge in [0.05, 0.1) is 6.54 Å². The van der Waals surface area contributed by atoms with E-state index in [2.05, 4.69) is 5.32 Å². The van der Waals surface area contributed by atoms with Gasteiger partial charge in [-0.3, -0.25) is 10.1 Å². The fourth-order valence-electron chi connectivity index (χ4n) is 1.50. The first-order chi connectivity index (χ1) is 7.18. The van der Waals surface area contributed by atoms with Gasteiger partial charge in [-0.25, -0.2) is 4.79 Å². The van der Waals surface area contributed by atoms with Crippen molar-refractivity contribution >= 4 is 11.9 Å². The monoisotopic (exact) mass is 215 g/mol. The van der Waals surface area contributed by atoms with Crippen LogP contribution in [-0.4, -0.2) is 38.2 Å². The van der Waals surface area contributed by atoms with Crippen molar-refractivity contribution < 1.29 is 14.3 Å². The third kappa shape index (κ3) is 5.34. The van der Waals surface area contributed by atoms with E-state index >= 15 is 0 Å². The number of rotatable bonds is 5. The molecule has 86 valence electrons. The van der Waals surface area contributed by atoms with Crippen LogP contribution in [0.15, 0.2) is 0 Å². The lowest BCUT2D eigenvalue weighted by Crippen LogP contribution is -2.40. The lowest BCUT2D eigenvalue weighted by molar-refractivity contribution is -0.119. The molecule has 1 atom stereocenters. The van der Waals surface area contributed by atoms with Crippen LogP contribution in [0.5, 0.6) is 0 Å². The number of amides is 3. The zero-order valence-corrected chi connectivity index (χ0v) is 8.62. The van der Waals surface area contributed by atoms with E-state index in [1.807, 2.05) is 5.32 Å². The first-order valence-electron chi connectivity index (χ1n) is 5.06. The standard InChI is InChI=1S/C9H17N3O3/c10-9(14)12-8(13)5-11-3-1-7-2-4-15-6-7/h7,11H,1-6H2,(H3,10,12,13,14). The van der Waals surface area contributed by atoms with E-state index in [1.165, 1.54) is 0 Å². The molecule has 1 aliphatic rings. The lowest BCUT2D eigenvalue weighted by Gasteiger charge is -2.07. The Labute approximate surface area is 88.5 Å². The zero-order chi connectivity index (χ0) is 11.1. The minimum absolute atomic E-state index is 0.122. The molecule has 0 aromatic rings. The molecule has 4 N–H and O–H groups in total. The number of hydrogen-bond acceptors (Lipinski definition) is 4. The fourth-order valence-corrected chi connectivity index (χ4v) is 1.50. The van der Waals surface area contributed by atoms with E-state index in [1.54, 1.807) is 0 Å². The Bertz CT molecular complexity index is 227. The summed E-state index contributed by atoms with van der Waals surface area (Å²) in [5.74, 6) is 0.196. The molecule has 1 aliphatic heterocycles. The van der Waals surface area contributed by atoms with Crippen molar-refractivity contribution in [1.29, 1.82) is 0 Å². The van der Waals surface area contributed by atoms with Gasteiger partial charge < -0.3 is 15.8 Å². The maximum atomic E-state index is 11.0. The van der Waals surface area contributed by atoms with E-state index < -0.39 is 11.9 Å². The van der Waals surface area contributed by atoms with Crippen molar-refractivity contribution in [1.82, 2.24) is 10.6 Å². The van der Waals surface area contributed by atoms with Crippen molar-refractivity contribution in [3.63, 3.8) is 0 Å². The summed E-state index contributed by atoms with van der Waals surface area (Å²) in [5.41, 5.74) is 4.78. The average Bonchev–Trinajstić information content (AvgIpc) is 2.63. The van der Waals surface area contributed by atoms with Gasteiger partial charge in [-0.15, -0.1) is 0 Å². The van der Waals surface area contributed by atoms with E-state index in [0.29, 0.717) is 5.92 Å². The molecule has 0 aliphatic carbocycles. The highest BCUT2D eigenvalue weighted by Gasteiger charge is 2.14. The van der Waals surface area contributed by atoms with Gasteiger partial charge >= 0.3 is 6.03 Å². The number of hydrogen-bond donors (Lipinski definition) is 3. The highest BCUT2D eigenvalue weighted by atomic mass is 16.5. The zero-order valence-electron chi connectivity index (χ0n) is 8.62. The van der Waals surface area contributed by atoms with Crippen LogP contribution in [0.3, 0.4) is 0 Å². The lowest BCUT2D eigenvalue weighted by atomic mass is 10.1. The molecular formula is C9H17N3O3. The molecule has 1 unspecified atom stereocenters. The summed E-state index contributed by atoms with van der Waals surface area (Å²) in [4.78, 5) is 21.2. The second-order valence-corrected chi connectivity index (χ2v) is 3.61. The predicted molar refractivity (Wildman–Crippen MR) is 54.1 cm³/mol. The molecule has 0 radical (unpaired) electrons. The van der Waals surface area contributed by atoms with Gasteiger partial charge in [-0.2, -0.15) is 0 Å². The van der Waals surface area contributed by atoms with Crippen molar-refractivity contribution in [3.8, 4) is 0 Å². The van der Waals surface area contributed by atoms with E-state index in [-0.39, 0.29) is 6.54 Å². The van der Waals surface area contributed by atoms with Crippen LogP contribution in [0.1, 0.15) is 12.8 Å². The second-order valence-electron chi connectivity index (χ2n) is 3.61. The van der Waals surface area contributed by atoms with Crippen molar-refractivity contribution in [3.05, 3.63) is 0 Å². The summed E-state index contributed by atoms with van der Waals surface area (Å²) < 4.78 is 5.22.